The number of hydrogen-bond acceptors (Lipinski definition) is 0. The van der Waals surface area contributed by atoms with Crippen LogP contribution in [0.2, 0.25) is 0 Å². The van der Waals surface area contributed by atoms with Crippen LogP contribution in [0.3, 0.4) is 0 Å². The van der Waals surface area contributed by atoms with Gasteiger partial charge in [-0.1, -0.05) is 97.4 Å². The third-order valence-corrected chi connectivity index (χ3v) is 4.55. The van der Waals surface area contributed by atoms with Crippen LogP contribution in [0.15, 0.2) is 84.9 Å². The Balaban J connectivity index is 1.79. The summed E-state index contributed by atoms with van der Waals surface area (Å²) in [4.78, 5) is 0. The molecule has 0 N–H and O–H groups in total. The lowest BCUT2D eigenvalue weighted by molar-refractivity contribution is 0.967. The van der Waals surface area contributed by atoms with Crippen molar-refractivity contribution in [2.75, 3.05) is 0 Å². The van der Waals surface area contributed by atoms with Crippen LogP contribution in [0.25, 0.3) is 16.7 Å². The van der Waals surface area contributed by atoms with E-state index < -0.39 is 0 Å². The lowest BCUT2D eigenvalue weighted by atomic mass is 9.94. The van der Waals surface area contributed by atoms with Gasteiger partial charge in [0.1, 0.15) is 0 Å². The van der Waals surface area contributed by atoms with Crippen LogP contribution in [0.1, 0.15) is 36.5 Å². The van der Waals surface area contributed by atoms with Gasteiger partial charge in [-0.25, -0.2) is 0 Å². The molecule has 1 unspecified atom stereocenters. The molecule has 0 bridgehead atoms. The summed E-state index contributed by atoms with van der Waals surface area (Å²) in [5.74, 6) is 0.416. The lowest BCUT2D eigenvalue weighted by Gasteiger charge is -2.11. The number of aryl methyl sites for hydroxylation is 1. The molecule has 0 heterocycles. The Hall–Kier alpha value is -2.60. The highest BCUT2D eigenvalue weighted by atomic mass is 14.1. The molecule has 3 aromatic rings. The third-order valence-electron chi connectivity index (χ3n) is 4.55. The second kappa shape index (κ2) is 7.31. The molecular formula is C24H24. The molecule has 120 valence electrons. The van der Waals surface area contributed by atoms with Crippen LogP contribution in [0, 0.1) is 6.92 Å². The molecule has 0 aliphatic rings. The summed E-state index contributed by atoms with van der Waals surface area (Å²) in [5.41, 5.74) is 7.80. The number of benzene rings is 3. The molecule has 0 aromatic heterocycles. The summed E-state index contributed by atoms with van der Waals surface area (Å²) >= 11 is 0. The summed E-state index contributed by atoms with van der Waals surface area (Å²) in [7, 11) is 0. The standard InChI is InChI=1S/C24H24/c1-18-9-11-21(12-10-18)19(2)17-20(3)22-13-15-24(16-14-22)23-7-5-4-6-8-23/h4-17,19H,1-3H3/b20-17+. The number of allylic oxidation sites excluding steroid dienone is 2. The summed E-state index contributed by atoms with van der Waals surface area (Å²) in [6, 6.07) is 28.2. The molecule has 0 aliphatic heterocycles. The van der Waals surface area contributed by atoms with E-state index in [4.69, 9.17) is 0 Å². The van der Waals surface area contributed by atoms with E-state index in [1.54, 1.807) is 0 Å². The quantitative estimate of drug-likeness (QED) is 0.493. The van der Waals surface area contributed by atoms with Gasteiger partial charge >= 0.3 is 0 Å². The smallest absolute Gasteiger partial charge is 0.000451 e. The second-order valence-electron chi connectivity index (χ2n) is 6.49. The minimum atomic E-state index is 0.416. The molecular weight excluding hydrogens is 288 g/mol. The minimum absolute atomic E-state index is 0.416. The molecule has 24 heavy (non-hydrogen) atoms. The van der Waals surface area contributed by atoms with E-state index in [9.17, 15) is 0 Å². The molecule has 0 heteroatoms. The van der Waals surface area contributed by atoms with E-state index in [0.717, 1.165) is 0 Å². The predicted molar refractivity (Wildman–Crippen MR) is 105 cm³/mol. The molecule has 0 saturated heterocycles. The van der Waals surface area contributed by atoms with Gasteiger partial charge in [0.05, 0.1) is 0 Å². The van der Waals surface area contributed by atoms with E-state index in [-0.39, 0.29) is 0 Å². The normalized spacial score (nSPS) is 12.9. The molecule has 0 saturated carbocycles. The Labute approximate surface area is 145 Å². The van der Waals surface area contributed by atoms with Gasteiger partial charge in [-0.3, -0.25) is 0 Å². The zero-order chi connectivity index (χ0) is 16.9. The fourth-order valence-corrected chi connectivity index (χ4v) is 2.99. The van der Waals surface area contributed by atoms with E-state index in [1.165, 1.54) is 33.4 Å². The number of hydrogen-bond donors (Lipinski definition) is 0. The Morgan fingerprint density at radius 3 is 1.96 bits per heavy atom. The Morgan fingerprint density at radius 1 is 0.750 bits per heavy atom. The Morgan fingerprint density at radius 2 is 1.33 bits per heavy atom. The average Bonchev–Trinajstić information content (AvgIpc) is 2.63. The largest absolute Gasteiger partial charge is 0.0738 e. The van der Waals surface area contributed by atoms with Crippen molar-refractivity contribution in [2.24, 2.45) is 0 Å². The highest BCUT2D eigenvalue weighted by molar-refractivity contribution is 5.70. The SMILES string of the molecule is C/C(=C\C(C)c1ccc(C)cc1)c1ccc(-c2ccccc2)cc1. The summed E-state index contributed by atoms with van der Waals surface area (Å²) in [5, 5.41) is 0. The minimum Gasteiger partial charge on any atom is -0.0738 e. The van der Waals surface area contributed by atoms with E-state index in [2.05, 4.69) is 106 Å². The first kappa shape index (κ1) is 16.3. The summed E-state index contributed by atoms with van der Waals surface area (Å²) in [6.07, 6.45) is 2.35. The first-order valence-electron chi connectivity index (χ1n) is 8.54. The van der Waals surface area contributed by atoms with Gasteiger partial charge in [0.2, 0.25) is 0 Å². The van der Waals surface area contributed by atoms with Crippen LogP contribution in [-0.2, 0) is 0 Å². The number of rotatable bonds is 4. The first-order chi connectivity index (χ1) is 11.6. The lowest BCUT2D eigenvalue weighted by Crippen LogP contribution is -1.91. The molecule has 0 radical (unpaired) electrons. The van der Waals surface area contributed by atoms with Gasteiger partial charge in [-0.15, -0.1) is 0 Å². The second-order valence-corrected chi connectivity index (χ2v) is 6.49. The molecule has 3 aromatic carbocycles. The van der Waals surface area contributed by atoms with Gasteiger partial charge in [0.25, 0.3) is 0 Å². The topological polar surface area (TPSA) is 0 Å². The fourth-order valence-electron chi connectivity index (χ4n) is 2.99. The zero-order valence-corrected chi connectivity index (χ0v) is 14.7. The van der Waals surface area contributed by atoms with Gasteiger partial charge in [-0.2, -0.15) is 0 Å². The van der Waals surface area contributed by atoms with Crippen molar-refractivity contribution in [1.82, 2.24) is 0 Å². The highest BCUT2D eigenvalue weighted by Crippen LogP contribution is 2.25. The third kappa shape index (κ3) is 3.83. The summed E-state index contributed by atoms with van der Waals surface area (Å²) < 4.78 is 0. The van der Waals surface area contributed by atoms with Crippen LogP contribution < -0.4 is 0 Å². The monoisotopic (exact) mass is 312 g/mol. The average molecular weight is 312 g/mol. The van der Waals surface area contributed by atoms with Crippen molar-refractivity contribution in [3.8, 4) is 11.1 Å². The van der Waals surface area contributed by atoms with E-state index in [1.807, 2.05) is 0 Å². The molecule has 0 nitrogen and oxygen atoms in total. The van der Waals surface area contributed by atoms with Gasteiger partial charge in [0, 0.05) is 0 Å². The molecule has 0 aliphatic carbocycles. The zero-order valence-electron chi connectivity index (χ0n) is 14.7. The Kier molecular flexibility index (Phi) is 4.96. The maximum Gasteiger partial charge on any atom is -0.000451 e. The van der Waals surface area contributed by atoms with Crippen LogP contribution in [-0.4, -0.2) is 0 Å². The molecule has 0 fully saturated rings. The van der Waals surface area contributed by atoms with Crippen LogP contribution in [0.5, 0.6) is 0 Å². The maximum absolute atomic E-state index is 2.35. The van der Waals surface area contributed by atoms with E-state index in [0.29, 0.717) is 5.92 Å². The van der Waals surface area contributed by atoms with Gasteiger partial charge in [0.15, 0.2) is 0 Å². The van der Waals surface area contributed by atoms with Crippen LogP contribution in [0.4, 0.5) is 0 Å². The molecule has 3 rings (SSSR count). The van der Waals surface area contributed by atoms with Gasteiger partial charge in [-0.05, 0) is 47.6 Å². The predicted octanol–water partition coefficient (Wildman–Crippen LogP) is 6.87. The maximum atomic E-state index is 2.35. The van der Waals surface area contributed by atoms with Gasteiger partial charge < -0.3 is 0 Å². The highest BCUT2D eigenvalue weighted by Gasteiger charge is 2.04. The van der Waals surface area contributed by atoms with Crippen molar-refractivity contribution in [2.45, 2.75) is 26.7 Å². The summed E-state index contributed by atoms with van der Waals surface area (Å²) in [6.45, 7) is 6.58. The van der Waals surface area contributed by atoms with Crippen molar-refractivity contribution in [1.29, 1.82) is 0 Å². The van der Waals surface area contributed by atoms with E-state index >= 15 is 0 Å². The fraction of sp³-hybridized carbons (Fsp3) is 0.167. The van der Waals surface area contributed by atoms with Crippen molar-refractivity contribution in [3.05, 3.63) is 102 Å². The Bertz CT molecular complexity index is 806. The molecule has 0 spiro atoms. The van der Waals surface area contributed by atoms with Crippen molar-refractivity contribution >= 4 is 5.57 Å². The molecule has 0 amide bonds. The molecule has 1 atom stereocenters. The van der Waals surface area contributed by atoms with Crippen molar-refractivity contribution in [3.63, 3.8) is 0 Å². The van der Waals surface area contributed by atoms with Crippen molar-refractivity contribution < 1.29 is 0 Å². The van der Waals surface area contributed by atoms with Crippen LogP contribution >= 0.6 is 0 Å². The first-order valence-corrected chi connectivity index (χ1v) is 8.54.